The van der Waals surface area contributed by atoms with E-state index in [4.69, 9.17) is 19.9 Å². The summed E-state index contributed by atoms with van der Waals surface area (Å²) in [5, 5.41) is 2.19. The van der Waals surface area contributed by atoms with Crippen molar-refractivity contribution in [2.45, 2.75) is 19.8 Å². The summed E-state index contributed by atoms with van der Waals surface area (Å²) in [4.78, 5) is 20.8. The first-order valence-electron chi connectivity index (χ1n) is 16.0. The lowest BCUT2D eigenvalue weighted by Crippen LogP contribution is -1.99. The lowest BCUT2D eigenvalue weighted by Gasteiger charge is -2.15. The highest BCUT2D eigenvalue weighted by Gasteiger charge is 2.18. The molecule has 0 radical (unpaired) electrons. The zero-order valence-electron chi connectivity index (χ0n) is 26.3. The van der Waals surface area contributed by atoms with Gasteiger partial charge in [-0.25, -0.2) is 19.9 Å². The Kier molecular flexibility index (Phi) is 7.31. The van der Waals surface area contributed by atoms with Gasteiger partial charge in [-0.1, -0.05) is 147 Å². The molecule has 3 heterocycles. The zero-order valence-corrected chi connectivity index (χ0v) is 26.3. The van der Waals surface area contributed by atoms with Gasteiger partial charge in [-0.2, -0.15) is 0 Å². The normalized spacial score (nSPS) is 11.4. The largest absolute Gasteiger partial charge is 0.245 e. The number of rotatable bonds is 6. The molecule has 0 aliphatic heterocycles. The van der Waals surface area contributed by atoms with Gasteiger partial charge in [0.15, 0.2) is 5.82 Å². The molecule has 4 nitrogen and oxygen atoms in total. The van der Waals surface area contributed by atoms with Crippen LogP contribution in [0.1, 0.15) is 25.3 Å². The van der Waals surface area contributed by atoms with Crippen molar-refractivity contribution >= 4 is 21.8 Å². The van der Waals surface area contributed by atoms with Crippen LogP contribution in [0, 0.1) is 0 Å². The van der Waals surface area contributed by atoms with Gasteiger partial charge in [-0.15, -0.1) is 0 Å². The van der Waals surface area contributed by atoms with Crippen LogP contribution < -0.4 is 0 Å². The van der Waals surface area contributed by atoms with Gasteiger partial charge in [0.1, 0.15) is 0 Å². The highest BCUT2D eigenvalue weighted by atomic mass is 14.9. The Bertz CT molecular complexity index is 2310. The van der Waals surface area contributed by atoms with E-state index < -0.39 is 0 Å². The van der Waals surface area contributed by atoms with Gasteiger partial charge in [0.2, 0.25) is 0 Å². The van der Waals surface area contributed by atoms with Crippen molar-refractivity contribution in [2.24, 2.45) is 0 Å². The highest BCUT2D eigenvalue weighted by molar-refractivity contribution is 6.05. The average molecular weight is 605 g/mol. The van der Waals surface area contributed by atoms with Gasteiger partial charge >= 0.3 is 0 Å². The summed E-state index contributed by atoms with van der Waals surface area (Å²) >= 11 is 0. The molecular weight excluding hydrogens is 573 g/mol. The van der Waals surface area contributed by atoms with Crippen LogP contribution in [0.5, 0.6) is 0 Å². The van der Waals surface area contributed by atoms with E-state index in [9.17, 15) is 0 Å². The Morgan fingerprint density at radius 2 is 0.894 bits per heavy atom. The molecule has 0 saturated heterocycles. The first kappa shape index (κ1) is 28.5. The topological polar surface area (TPSA) is 51.6 Å². The summed E-state index contributed by atoms with van der Waals surface area (Å²) in [5.41, 5.74) is 11.7. The lowest BCUT2D eigenvalue weighted by molar-refractivity contribution is 0.875. The van der Waals surface area contributed by atoms with Crippen molar-refractivity contribution in [1.82, 2.24) is 19.9 Å². The van der Waals surface area contributed by atoms with Gasteiger partial charge in [-0.05, 0) is 29.7 Å². The van der Waals surface area contributed by atoms with Crippen molar-refractivity contribution in [1.29, 1.82) is 0 Å². The minimum absolute atomic E-state index is 0.331. The van der Waals surface area contributed by atoms with E-state index in [0.717, 1.165) is 72.4 Å². The Morgan fingerprint density at radius 3 is 1.47 bits per heavy atom. The quantitative estimate of drug-likeness (QED) is 0.177. The molecule has 0 unspecified atom stereocenters. The second-order valence-electron chi connectivity index (χ2n) is 12.1. The number of aromatic nitrogens is 4. The Hall–Kier alpha value is -6.00. The molecule has 0 spiro atoms. The molecule has 0 saturated carbocycles. The van der Waals surface area contributed by atoms with Gasteiger partial charge in [-0.3, -0.25) is 0 Å². The second-order valence-corrected chi connectivity index (χ2v) is 12.1. The summed E-state index contributed by atoms with van der Waals surface area (Å²) in [6, 6.07) is 52.1. The van der Waals surface area contributed by atoms with Gasteiger partial charge in [0, 0.05) is 38.6 Å². The molecule has 8 rings (SSSR count). The van der Waals surface area contributed by atoms with E-state index in [1.54, 1.807) is 0 Å². The van der Waals surface area contributed by atoms with Crippen LogP contribution in [0.15, 0.2) is 152 Å². The maximum atomic E-state index is 5.34. The minimum Gasteiger partial charge on any atom is -0.245 e. The Balaban J connectivity index is 1.34. The minimum atomic E-state index is 0.331. The van der Waals surface area contributed by atoms with Crippen LogP contribution in [-0.2, 0) is 0 Å². The molecule has 0 bridgehead atoms. The fraction of sp³-hybridized carbons (Fsp3) is 0.0698. The summed E-state index contributed by atoms with van der Waals surface area (Å²) in [5.74, 6) is 0.990. The third-order valence-corrected chi connectivity index (χ3v) is 8.67. The van der Waals surface area contributed by atoms with Gasteiger partial charge in [0.05, 0.1) is 33.8 Å². The monoisotopic (exact) mass is 604 g/mol. The molecular formula is C43H32N4. The van der Waals surface area contributed by atoms with Gasteiger partial charge < -0.3 is 0 Å². The van der Waals surface area contributed by atoms with Crippen molar-refractivity contribution in [2.75, 3.05) is 0 Å². The molecule has 8 aromatic rings. The maximum absolute atomic E-state index is 5.34. The van der Waals surface area contributed by atoms with Crippen molar-refractivity contribution < 1.29 is 0 Å². The summed E-state index contributed by atoms with van der Waals surface area (Å²) in [6.45, 7) is 4.47. The third kappa shape index (κ3) is 5.44. The molecule has 0 aliphatic carbocycles. The number of fused-ring (bicyclic) bond motifs is 3. The van der Waals surface area contributed by atoms with Crippen molar-refractivity contribution in [3.05, 3.63) is 157 Å². The van der Waals surface area contributed by atoms with Crippen LogP contribution in [-0.4, -0.2) is 19.9 Å². The average Bonchev–Trinajstić information content (AvgIpc) is 3.15. The maximum Gasteiger partial charge on any atom is 0.161 e. The lowest BCUT2D eigenvalue weighted by atomic mass is 9.95. The van der Waals surface area contributed by atoms with Crippen molar-refractivity contribution in [3.63, 3.8) is 0 Å². The first-order valence-corrected chi connectivity index (χ1v) is 16.0. The summed E-state index contributed by atoms with van der Waals surface area (Å²) in [7, 11) is 0. The molecule has 3 aromatic heterocycles. The van der Waals surface area contributed by atoms with E-state index >= 15 is 0 Å². The number of nitrogens with zero attached hydrogens (tertiary/aromatic N) is 4. The summed E-state index contributed by atoms with van der Waals surface area (Å²) in [6.07, 6.45) is 0. The van der Waals surface area contributed by atoms with E-state index in [-0.39, 0.29) is 0 Å². The molecule has 0 atom stereocenters. The van der Waals surface area contributed by atoms with Crippen LogP contribution >= 0.6 is 0 Å². The fourth-order valence-electron chi connectivity index (χ4n) is 6.26. The number of pyridine rings is 2. The SMILES string of the molecule is CC(C)c1cc(-c2ccccc2)nc2c1ccc1ccc(-c3ccccc3-c3nc(-c4ccccc4)cc(-c4ccccc4)n3)nc12. The standard InChI is InChI=1S/C43H32N4/c1-28(2)36-26-38(29-14-6-3-7-15-29)45-42-34(36)24-22-32-23-25-37(44-41(32)42)33-20-12-13-21-35(33)43-46-39(30-16-8-4-9-17-30)27-40(47-43)31-18-10-5-11-19-31/h3-28H,1-2H3. The highest BCUT2D eigenvalue weighted by Crippen LogP contribution is 2.36. The predicted molar refractivity (Wildman–Crippen MR) is 194 cm³/mol. The van der Waals surface area contributed by atoms with Crippen LogP contribution in [0.25, 0.3) is 78.2 Å². The van der Waals surface area contributed by atoms with Crippen molar-refractivity contribution in [3.8, 4) is 56.4 Å². The molecule has 4 heteroatoms. The van der Waals surface area contributed by atoms with E-state index in [0.29, 0.717) is 11.7 Å². The molecule has 224 valence electrons. The number of benzene rings is 5. The van der Waals surface area contributed by atoms with Crippen LogP contribution in [0.3, 0.4) is 0 Å². The second kappa shape index (κ2) is 12.1. The molecule has 5 aromatic carbocycles. The zero-order chi connectivity index (χ0) is 31.7. The molecule has 0 aliphatic rings. The fourth-order valence-corrected chi connectivity index (χ4v) is 6.26. The van der Waals surface area contributed by atoms with E-state index in [2.05, 4.69) is 117 Å². The molecule has 0 N–H and O–H groups in total. The Morgan fingerprint density at radius 1 is 0.404 bits per heavy atom. The third-order valence-electron chi connectivity index (χ3n) is 8.67. The van der Waals surface area contributed by atoms with Crippen LogP contribution in [0.2, 0.25) is 0 Å². The molecule has 0 fully saturated rings. The Labute approximate surface area is 274 Å². The summed E-state index contributed by atoms with van der Waals surface area (Å²) < 4.78 is 0. The predicted octanol–water partition coefficient (Wildman–Crippen LogP) is 11.0. The van der Waals surface area contributed by atoms with Crippen LogP contribution in [0.4, 0.5) is 0 Å². The first-order chi connectivity index (χ1) is 23.1. The molecule has 47 heavy (non-hydrogen) atoms. The van der Waals surface area contributed by atoms with E-state index in [1.165, 1.54) is 5.56 Å². The molecule has 0 amide bonds. The van der Waals surface area contributed by atoms with Gasteiger partial charge in [0.25, 0.3) is 0 Å². The number of hydrogen-bond donors (Lipinski definition) is 0. The van der Waals surface area contributed by atoms with E-state index in [1.807, 2.05) is 48.5 Å². The smallest absolute Gasteiger partial charge is 0.161 e. The number of hydrogen-bond acceptors (Lipinski definition) is 4.